The lowest BCUT2D eigenvalue weighted by Gasteiger charge is -2.30. The molecule has 1 fully saturated rings. The zero-order chi connectivity index (χ0) is 17.6. The zero-order valence-electron chi connectivity index (χ0n) is 14.1. The maximum Gasteiger partial charge on any atom is 0.255 e. The summed E-state index contributed by atoms with van der Waals surface area (Å²) < 4.78 is 10.4. The summed E-state index contributed by atoms with van der Waals surface area (Å²) in [6, 6.07) is 6.88. The van der Waals surface area contributed by atoms with Gasteiger partial charge in [-0.3, -0.25) is 9.78 Å². The molecule has 1 amide bonds. The second kappa shape index (κ2) is 7.85. The molecule has 1 aromatic carbocycles. The van der Waals surface area contributed by atoms with E-state index in [0.717, 1.165) is 24.3 Å². The van der Waals surface area contributed by atoms with Gasteiger partial charge in [0.1, 0.15) is 0 Å². The molecule has 0 atom stereocenters. The van der Waals surface area contributed by atoms with Crippen LogP contribution in [0.15, 0.2) is 36.7 Å². The number of phenolic OH excluding ortho intramolecular Hbond substituents is 1. The summed E-state index contributed by atoms with van der Waals surface area (Å²) in [5, 5.41) is 12.7. The third-order valence-electron chi connectivity index (χ3n) is 4.09. The van der Waals surface area contributed by atoms with Crippen molar-refractivity contribution in [1.82, 2.24) is 10.3 Å². The van der Waals surface area contributed by atoms with Crippen molar-refractivity contribution in [2.75, 3.05) is 38.3 Å². The first kappa shape index (κ1) is 17.0. The van der Waals surface area contributed by atoms with Gasteiger partial charge in [-0.2, -0.15) is 0 Å². The van der Waals surface area contributed by atoms with Gasteiger partial charge in [-0.1, -0.05) is 6.07 Å². The Hall–Kier alpha value is -2.80. The number of methoxy groups -OCH3 is 1. The fourth-order valence-corrected chi connectivity index (χ4v) is 2.77. The largest absolute Gasteiger partial charge is 0.504 e. The number of carbonyl (C=O) groups excluding carboxylic acids is 1. The van der Waals surface area contributed by atoms with Crippen LogP contribution in [0.4, 0.5) is 5.69 Å². The summed E-state index contributed by atoms with van der Waals surface area (Å²) >= 11 is 0. The highest BCUT2D eigenvalue weighted by Crippen LogP contribution is 2.26. The zero-order valence-corrected chi connectivity index (χ0v) is 14.1. The van der Waals surface area contributed by atoms with E-state index in [1.807, 2.05) is 6.07 Å². The first-order valence-electron chi connectivity index (χ1n) is 8.10. The average Bonchev–Trinajstić information content (AvgIpc) is 2.67. The molecule has 1 aromatic heterocycles. The molecule has 0 bridgehead atoms. The van der Waals surface area contributed by atoms with Gasteiger partial charge < -0.3 is 24.8 Å². The highest BCUT2D eigenvalue weighted by molar-refractivity contribution is 5.99. The molecule has 1 aliphatic rings. The van der Waals surface area contributed by atoms with Gasteiger partial charge in [0.2, 0.25) is 0 Å². The topological polar surface area (TPSA) is 83.9 Å². The number of aromatic nitrogens is 1. The summed E-state index contributed by atoms with van der Waals surface area (Å²) in [6.07, 6.45) is 3.26. The van der Waals surface area contributed by atoms with Gasteiger partial charge in [-0.15, -0.1) is 0 Å². The number of rotatable bonds is 5. The number of nitrogens with one attached hydrogen (secondary N) is 1. The van der Waals surface area contributed by atoms with Crippen molar-refractivity contribution >= 4 is 11.6 Å². The third-order valence-corrected chi connectivity index (χ3v) is 4.09. The predicted octanol–water partition coefficient (Wildman–Crippen LogP) is 1.56. The van der Waals surface area contributed by atoms with Gasteiger partial charge in [0.15, 0.2) is 11.5 Å². The number of carbonyl (C=O) groups is 1. The van der Waals surface area contributed by atoms with Gasteiger partial charge >= 0.3 is 0 Å². The molecule has 1 saturated heterocycles. The number of hydrogen-bond acceptors (Lipinski definition) is 6. The number of amides is 1. The van der Waals surface area contributed by atoms with Crippen LogP contribution in [0.1, 0.15) is 15.9 Å². The van der Waals surface area contributed by atoms with Crippen LogP contribution in [0, 0.1) is 0 Å². The van der Waals surface area contributed by atoms with E-state index in [4.69, 9.17) is 9.47 Å². The molecular weight excluding hydrogens is 322 g/mol. The van der Waals surface area contributed by atoms with E-state index in [9.17, 15) is 9.90 Å². The fourth-order valence-electron chi connectivity index (χ4n) is 2.77. The van der Waals surface area contributed by atoms with Crippen LogP contribution in [0.5, 0.6) is 11.5 Å². The average molecular weight is 343 g/mol. The molecule has 132 valence electrons. The smallest absolute Gasteiger partial charge is 0.255 e. The number of morpholine rings is 1. The number of ether oxygens (including phenoxy) is 2. The van der Waals surface area contributed by atoms with E-state index >= 15 is 0 Å². The van der Waals surface area contributed by atoms with E-state index in [0.29, 0.717) is 31.1 Å². The van der Waals surface area contributed by atoms with E-state index < -0.39 is 0 Å². The Morgan fingerprint density at radius 1 is 1.36 bits per heavy atom. The van der Waals surface area contributed by atoms with Crippen molar-refractivity contribution in [3.05, 3.63) is 47.8 Å². The molecule has 2 heterocycles. The minimum Gasteiger partial charge on any atom is -0.504 e. The Labute approximate surface area is 146 Å². The lowest BCUT2D eigenvalue weighted by Crippen LogP contribution is -2.38. The molecule has 2 aromatic rings. The molecule has 25 heavy (non-hydrogen) atoms. The Morgan fingerprint density at radius 3 is 2.88 bits per heavy atom. The Bertz CT molecular complexity index is 745. The van der Waals surface area contributed by atoms with E-state index in [2.05, 4.69) is 15.2 Å². The van der Waals surface area contributed by atoms with Crippen molar-refractivity contribution < 1.29 is 19.4 Å². The maximum atomic E-state index is 12.6. The van der Waals surface area contributed by atoms with E-state index in [1.165, 1.54) is 7.11 Å². The number of benzene rings is 1. The summed E-state index contributed by atoms with van der Waals surface area (Å²) in [6.45, 7) is 3.09. The van der Waals surface area contributed by atoms with Crippen LogP contribution in [0.2, 0.25) is 0 Å². The SMILES string of the molecule is COc1ccc(CNC(=O)c2cnccc2N2CCOCC2)cc1O. The van der Waals surface area contributed by atoms with Gasteiger partial charge in [-0.05, 0) is 23.8 Å². The minimum absolute atomic E-state index is 0.0460. The van der Waals surface area contributed by atoms with Gasteiger partial charge in [0, 0.05) is 32.0 Å². The van der Waals surface area contributed by atoms with Crippen LogP contribution < -0.4 is 15.0 Å². The molecule has 0 unspecified atom stereocenters. The number of anilines is 1. The first-order chi connectivity index (χ1) is 12.2. The van der Waals surface area contributed by atoms with Crippen LogP contribution in [0.25, 0.3) is 0 Å². The van der Waals surface area contributed by atoms with Crippen molar-refractivity contribution in [3.8, 4) is 11.5 Å². The van der Waals surface area contributed by atoms with Gasteiger partial charge in [-0.25, -0.2) is 0 Å². The normalized spacial score (nSPS) is 14.2. The van der Waals surface area contributed by atoms with Crippen molar-refractivity contribution in [1.29, 1.82) is 0 Å². The molecule has 2 N–H and O–H groups in total. The molecule has 3 rings (SSSR count). The Morgan fingerprint density at radius 2 is 2.16 bits per heavy atom. The Balaban J connectivity index is 1.70. The summed E-state index contributed by atoms with van der Waals surface area (Å²) in [5.74, 6) is 0.242. The van der Waals surface area contributed by atoms with Crippen LogP contribution >= 0.6 is 0 Å². The second-order valence-electron chi connectivity index (χ2n) is 5.68. The van der Waals surface area contributed by atoms with Gasteiger partial charge in [0.05, 0.1) is 31.6 Å². The highest BCUT2D eigenvalue weighted by atomic mass is 16.5. The number of nitrogens with zero attached hydrogens (tertiary/aromatic N) is 2. The molecule has 0 aliphatic carbocycles. The van der Waals surface area contributed by atoms with E-state index in [-0.39, 0.29) is 11.7 Å². The number of phenols is 1. The first-order valence-corrected chi connectivity index (χ1v) is 8.10. The molecule has 1 aliphatic heterocycles. The number of hydrogen-bond donors (Lipinski definition) is 2. The fraction of sp³-hybridized carbons (Fsp3) is 0.333. The summed E-state index contributed by atoms with van der Waals surface area (Å²) in [4.78, 5) is 18.8. The van der Waals surface area contributed by atoms with Crippen LogP contribution in [-0.2, 0) is 11.3 Å². The van der Waals surface area contributed by atoms with Crippen molar-refractivity contribution in [2.45, 2.75) is 6.54 Å². The standard InChI is InChI=1S/C18H21N3O4/c1-24-17-3-2-13(10-16(17)22)11-20-18(23)14-12-19-5-4-15(14)21-6-8-25-9-7-21/h2-5,10,12,22H,6-9,11H2,1H3,(H,20,23). The van der Waals surface area contributed by atoms with Crippen LogP contribution in [0.3, 0.4) is 0 Å². The van der Waals surface area contributed by atoms with Crippen molar-refractivity contribution in [2.24, 2.45) is 0 Å². The molecule has 0 spiro atoms. The van der Waals surface area contributed by atoms with Crippen LogP contribution in [-0.4, -0.2) is 49.4 Å². The molecule has 0 saturated carbocycles. The summed E-state index contributed by atoms with van der Waals surface area (Å²) in [5.41, 5.74) is 2.17. The second-order valence-corrected chi connectivity index (χ2v) is 5.68. The Kier molecular flexibility index (Phi) is 5.35. The lowest BCUT2D eigenvalue weighted by molar-refractivity contribution is 0.0949. The summed E-state index contributed by atoms with van der Waals surface area (Å²) in [7, 11) is 1.49. The number of pyridine rings is 1. The molecule has 7 nitrogen and oxygen atoms in total. The molecule has 0 radical (unpaired) electrons. The quantitative estimate of drug-likeness (QED) is 0.857. The monoisotopic (exact) mass is 343 g/mol. The minimum atomic E-state index is -0.204. The highest BCUT2D eigenvalue weighted by Gasteiger charge is 2.18. The molecular formula is C18H21N3O4. The van der Waals surface area contributed by atoms with Gasteiger partial charge in [0.25, 0.3) is 5.91 Å². The van der Waals surface area contributed by atoms with Crippen molar-refractivity contribution in [3.63, 3.8) is 0 Å². The third kappa shape index (κ3) is 4.00. The lowest BCUT2D eigenvalue weighted by atomic mass is 10.1. The predicted molar refractivity (Wildman–Crippen MR) is 93.1 cm³/mol. The van der Waals surface area contributed by atoms with E-state index in [1.54, 1.807) is 30.6 Å². The molecule has 7 heteroatoms. The maximum absolute atomic E-state index is 12.6. The number of aromatic hydroxyl groups is 1.